The van der Waals surface area contributed by atoms with Crippen molar-refractivity contribution < 1.29 is 23.8 Å². The Morgan fingerprint density at radius 3 is 2.60 bits per heavy atom. The third-order valence-electron chi connectivity index (χ3n) is 3.86. The summed E-state index contributed by atoms with van der Waals surface area (Å²) in [6.45, 7) is 0.132. The fraction of sp³-hybridized carbons (Fsp3) is 0.263. The van der Waals surface area contributed by atoms with Gasteiger partial charge in [-0.05, 0) is 23.8 Å². The van der Waals surface area contributed by atoms with Crippen LogP contribution in [0.25, 0.3) is 0 Å². The fourth-order valence-electron chi connectivity index (χ4n) is 2.53. The molecule has 0 saturated carbocycles. The summed E-state index contributed by atoms with van der Waals surface area (Å²) in [5.41, 5.74) is 2.25. The highest BCUT2D eigenvalue weighted by atomic mass is 16.7. The van der Waals surface area contributed by atoms with E-state index in [4.69, 9.17) is 19.0 Å². The van der Waals surface area contributed by atoms with E-state index in [9.17, 15) is 4.79 Å². The predicted molar refractivity (Wildman–Crippen MR) is 92.3 cm³/mol. The molecule has 25 heavy (non-hydrogen) atoms. The molecule has 0 N–H and O–H groups in total. The number of hydrogen-bond donors (Lipinski definition) is 0. The molecule has 1 aliphatic rings. The van der Waals surface area contributed by atoms with E-state index in [1.54, 1.807) is 18.2 Å². The largest absolute Gasteiger partial charge is 0.493 e. The average molecular weight is 341 g/mol. The van der Waals surface area contributed by atoms with E-state index in [0.717, 1.165) is 11.3 Å². The lowest BCUT2D eigenvalue weighted by atomic mass is 10.1. The third kappa shape index (κ3) is 3.91. The Morgan fingerprint density at radius 2 is 1.88 bits per heavy atom. The predicted octanol–water partition coefficient (Wildman–Crippen LogP) is 3.05. The number of nitrogens with zero attached hydrogens (tertiary/aromatic N) is 1. The monoisotopic (exact) mass is 341 g/mol. The van der Waals surface area contributed by atoms with Crippen LogP contribution < -0.4 is 9.47 Å². The van der Waals surface area contributed by atoms with Crippen molar-refractivity contribution in [2.75, 3.05) is 20.8 Å². The zero-order valence-electron chi connectivity index (χ0n) is 14.1. The van der Waals surface area contributed by atoms with Gasteiger partial charge in [-0.2, -0.15) is 0 Å². The van der Waals surface area contributed by atoms with Crippen molar-refractivity contribution in [3.63, 3.8) is 0 Å². The first kappa shape index (κ1) is 16.8. The van der Waals surface area contributed by atoms with Gasteiger partial charge in [-0.25, -0.2) is 4.79 Å². The highest BCUT2D eigenvalue weighted by Gasteiger charge is 2.24. The van der Waals surface area contributed by atoms with Crippen LogP contribution in [-0.2, 0) is 9.57 Å². The van der Waals surface area contributed by atoms with Crippen molar-refractivity contribution >= 4 is 11.7 Å². The lowest BCUT2D eigenvalue weighted by molar-refractivity contribution is 0.00684. The van der Waals surface area contributed by atoms with Crippen LogP contribution in [0.4, 0.5) is 0 Å². The third-order valence-corrected chi connectivity index (χ3v) is 3.86. The molecule has 0 unspecified atom stereocenters. The molecule has 0 amide bonds. The van der Waals surface area contributed by atoms with Gasteiger partial charge in [0.2, 0.25) is 0 Å². The van der Waals surface area contributed by atoms with Crippen LogP contribution in [-0.4, -0.2) is 38.6 Å². The summed E-state index contributed by atoms with van der Waals surface area (Å²) in [6, 6.07) is 14.7. The smallest absolute Gasteiger partial charge is 0.338 e. The summed E-state index contributed by atoms with van der Waals surface area (Å²) in [4.78, 5) is 17.6. The molecule has 130 valence electrons. The maximum Gasteiger partial charge on any atom is 0.338 e. The van der Waals surface area contributed by atoms with Gasteiger partial charge in [0.25, 0.3) is 0 Å². The minimum absolute atomic E-state index is 0.132. The minimum atomic E-state index is -0.447. The molecule has 2 aromatic rings. The van der Waals surface area contributed by atoms with Crippen molar-refractivity contribution in [3.8, 4) is 11.5 Å². The molecular formula is C19H19NO5. The molecule has 2 aromatic carbocycles. The first-order valence-corrected chi connectivity index (χ1v) is 7.88. The van der Waals surface area contributed by atoms with Gasteiger partial charge in [0.1, 0.15) is 6.61 Å². The van der Waals surface area contributed by atoms with Gasteiger partial charge in [0.05, 0.1) is 25.5 Å². The summed E-state index contributed by atoms with van der Waals surface area (Å²) < 4.78 is 15.7. The number of carbonyl (C=O) groups is 1. The van der Waals surface area contributed by atoms with Gasteiger partial charge >= 0.3 is 5.97 Å². The quantitative estimate of drug-likeness (QED) is 0.756. The van der Waals surface area contributed by atoms with E-state index in [2.05, 4.69) is 5.16 Å². The van der Waals surface area contributed by atoms with Gasteiger partial charge in [-0.15, -0.1) is 0 Å². The Balaban J connectivity index is 1.55. The highest BCUT2D eigenvalue weighted by Crippen LogP contribution is 2.28. The Kier molecular flexibility index (Phi) is 5.18. The van der Waals surface area contributed by atoms with Crippen LogP contribution >= 0.6 is 0 Å². The second-order valence-corrected chi connectivity index (χ2v) is 5.50. The second kappa shape index (κ2) is 7.70. The summed E-state index contributed by atoms with van der Waals surface area (Å²) in [5.74, 6) is 0.584. The number of esters is 1. The summed E-state index contributed by atoms with van der Waals surface area (Å²) in [6.07, 6.45) is 0.322. The van der Waals surface area contributed by atoms with E-state index in [0.29, 0.717) is 23.5 Å². The lowest BCUT2D eigenvalue weighted by Gasteiger charge is -2.11. The van der Waals surface area contributed by atoms with Crippen LogP contribution in [0.3, 0.4) is 0 Å². The Labute approximate surface area is 146 Å². The molecule has 0 aliphatic carbocycles. The van der Waals surface area contributed by atoms with Crippen molar-refractivity contribution in [1.29, 1.82) is 0 Å². The molecule has 3 rings (SSSR count). The number of hydrogen-bond acceptors (Lipinski definition) is 6. The summed E-state index contributed by atoms with van der Waals surface area (Å²) in [7, 11) is 3.05. The number of ether oxygens (including phenoxy) is 3. The number of rotatable bonds is 6. The number of oxime groups is 1. The van der Waals surface area contributed by atoms with Gasteiger partial charge in [0, 0.05) is 6.42 Å². The zero-order chi connectivity index (χ0) is 17.6. The molecule has 1 aliphatic heterocycles. The number of benzene rings is 2. The molecule has 0 radical (unpaired) electrons. The van der Waals surface area contributed by atoms with Gasteiger partial charge in [0.15, 0.2) is 17.6 Å². The van der Waals surface area contributed by atoms with E-state index in [1.807, 2.05) is 30.3 Å². The molecule has 6 nitrogen and oxygen atoms in total. The molecule has 0 bridgehead atoms. The van der Waals surface area contributed by atoms with Crippen LogP contribution in [0, 0.1) is 0 Å². The first-order chi connectivity index (χ1) is 12.2. The van der Waals surface area contributed by atoms with Crippen LogP contribution in [0.1, 0.15) is 22.3 Å². The standard InChI is InChI=1S/C19H19NO5/c1-22-17-9-8-14(10-18(17)23-2)19(21)24-12-15-11-16(20-25-15)13-6-4-3-5-7-13/h3-10,15H,11-12H2,1-2H3/t15-/m1/s1. The molecular weight excluding hydrogens is 322 g/mol. The molecule has 0 fully saturated rings. The second-order valence-electron chi connectivity index (χ2n) is 5.50. The van der Waals surface area contributed by atoms with Gasteiger partial charge in [-0.1, -0.05) is 35.5 Å². The maximum absolute atomic E-state index is 12.2. The van der Waals surface area contributed by atoms with Crippen molar-refractivity contribution in [3.05, 3.63) is 59.7 Å². The van der Waals surface area contributed by atoms with E-state index >= 15 is 0 Å². The maximum atomic E-state index is 12.2. The van der Waals surface area contributed by atoms with Gasteiger partial charge in [-0.3, -0.25) is 0 Å². The average Bonchev–Trinajstić information content (AvgIpc) is 3.15. The molecule has 1 heterocycles. The first-order valence-electron chi connectivity index (χ1n) is 7.88. The Hall–Kier alpha value is -3.02. The minimum Gasteiger partial charge on any atom is -0.493 e. The SMILES string of the molecule is COc1ccc(C(=O)OC[C@H]2CC(c3ccccc3)=NO2)cc1OC. The molecule has 6 heteroatoms. The van der Waals surface area contributed by atoms with E-state index in [-0.39, 0.29) is 12.7 Å². The van der Waals surface area contributed by atoms with Crippen LogP contribution in [0.5, 0.6) is 11.5 Å². The molecule has 0 saturated heterocycles. The normalized spacial score (nSPS) is 15.9. The van der Waals surface area contributed by atoms with E-state index < -0.39 is 5.97 Å². The van der Waals surface area contributed by atoms with Crippen molar-refractivity contribution in [1.82, 2.24) is 0 Å². The molecule has 0 spiro atoms. The van der Waals surface area contributed by atoms with Gasteiger partial charge < -0.3 is 19.0 Å². The fourth-order valence-corrected chi connectivity index (χ4v) is 2.53. The Bertz CT molecular complexity index is 773. The van der Waals surface area contributed by atoms with E-state index in [1.165, 1.54) is 14.2 Å². The van der Waals surface area contributed by atoms with Crippen molar-refractivity contribution in [2.45, 2.75) is 12.5 Å². The highest BCUT2D eigenvalue weighted by molar-refractivity contribution is 6.01. The van der Waals surface area contributed by atoms with Crippen LogP contribution in [0.2, 0.25) is 0 Å². The number of carbonyl (C=O) groups excluding carboxylic acids is 1. The molecule has 0 aromatic heterocycles. The zero-order valence-corrected chi connectivity index (χ0v) is 14.1. The Morgan fingerprint density at radius 1 is 1.12 bits per heavy atom. The topological polar surface area (TPSA) is 66.4 Å². The van der Waals surface area contributed by atoms with Crippen LogP contribution in [0.15, 0.2) is 53.7 Å². The van der Waals surface area contributed by atoms with Crippen molar-refractivity contribution in [2.24, 2.45) is 5.16 Å². The lowest BCUT2D eigenvalue weighted by Crippen LogP contribution is -2.19. The molecule has 1 atom stereocenters. The summed E-state index contributed by atoms with van der Waals surface area (Å²) >= 11 is 0. The number of methoxy groups -OCH3 is 2. The summed E-state index contributed by atoms with van der Waals surface area (Å²) in [5, 5.41) is 4.08.